The minimum atomic E-state index is 0.000893. The second-order valence-corrected chi connectivity index (χ2v) is 7.50. The van der Waals surface area contributed by atoms with Crippen LogP contribution in [-0.4, -0.2) is 61.9 Å². The zero-order chi connectivity index (χ0) is 18.9. The van der Waals surface area contributed by atoms with Gasteiger partial charge in [0.15, 0.2) is 16.6 Å². The van der Waals surface area contributed by atoms with Crippen molar-refractivity contribution in [1.29, 1.82) is 0 Å². The van der Waals surface area contributed by atoms with Crippen LogP contribution in [0.4, 0.5) is 5.82 Å². The summed E-state index contributed by atoms with van der Waals surface area (Å²) in [5.74, 6) is 1.49. The number of hydrogen-bond acceptors (Lipinski definition) is 7. The third kappa shape index (κ3) is 3.09. The topological polar surface area (TPSA) is 80.0 Å². The Bertz CT molecular complexity index is 1070. The van der Waals surface area contributed by atoms with E-state index in [0.717, 1.165) is 16.0 Å². The Hall–Kier alpha value is -3.33. The molecule has 4 aromatic rings. The highest BCUT2D eigenvalue weighted by Crippen LogP contribution is 2.23. The first-order valence-electron chi connectivity index (χ1n) is 9.01. The van der Waals surface area contributed by atoms with Gasteiger partial charge in [-0.2, -0.15) is 5.10 Å². The van der Waals surface area contributed by atoms with Gasteiger partial charge in [0.25, 0.3) is 5.91 Å². The van der Waals surface area contributed by atoms with Gasteiger partial charge in [-0.3, -0.25) is 4.79 Å². The van der Waals surface area contributed by atoms with Gasteiger partial charge >= 0.3 is 0 Å². The monoisotopic (exact) mass is 391 g/mol. The number of amides is 1. The minimum Gasteiger partial charge on any atom is -0.352 e. The Morgan fingerprint density at radius 2 is 1.71 bits per heavy atom. The van der Waals surface area contributed by atoms with Gasteiger partial charge in [-0.05, 0) is 30.3 Å². The van der Waals surface area contributed by atoms with Crippen LogP contribution >= 0.6 is 11.3 Å². The Morgan fingerprint density at radius 3 is 2.43 bits per heavy atom. The zero-order valence-electron chi connectivity index (χ0n) is 15.0. The fourth-order valence-corrected chi connectivity index (χ4v) is 4.18. The molecule has 28 heavy (non-hydrogen) atoms. The third-order valence-electron chi connectivity index (χ3n) is 4.74. The molecule has 0 saturated carbocycles. The SMILES string of the molecule is O=C(c1nc2ccccc2s1)N1CCN(c2ccc(-n3cccn3)nn2)CC1. The normalized spacial score (nSPS) is 14.6. The molecule has 0 aliphatic carbocycles. The lowest BCUT2D eigenvalue weighted by Crippen LogP contribution is -2.49. The Kier molecular flexibility index (Phi) is 4.21. The summed E-state index contributed by atoms with van der Waals surface area (Å²) in [6.07, 6.45) is 3.54. The van der Waals surface area contributed by atoms with Crippen LogP contribution in [0.25, 0.3) is 16.0 Å². The molecule has 4 heterocycles. The number of thiazole rings is 1. The average molecular weight is 391 g/mol. The molecule has 0 atom stereocenters. The van der Waals surface area contributed by atoms with E-state index in [2.05, 4.69) is 25.2 Å². The van der Waals surface area contributed by atoms with E-state index >= 15 is 0 Å². The zero-order valence-corrected chi connectivity index (χ0v) is 15.8. The standard InChI is InChI=1S/C19H17N7OS/c27-19(18-21-14-4-1-2-5-15(14)28-18)25-12-10-24(11-13-25)16-6-7-17(23-22-16)26-9-3-8-20-26/h1-9H,10-13H2. The Labute approximate surface area is 165 Å². The molecular formula is C19H17N7OS. The summed E-state index contributed by atoms with van der Waals surface area (Å²) in [6.45, 7) is 2.70. The highest BCUT2D eigenvalue weighted by Gasteiger charge is 2.25. The van der Waals surface area contributed by atoms with Crippen LogP contribution in [-0.2, 0) is 0 Å². The van der Waals surface area contributed by atoms with Gasteiger partial charge in [0, 0.05) is 38.6 Å². The maximum Gasteiger partial charge on any atom is 0.282 e. The summed E-state index contributed by atoms with van der Waals surface area (Å²) in [5.41, 5.74) is 0.877. The number of carbonyl (C=O) groups excluding carboxylic acids is 1. The molecule has 1 aliphatic heterocycles. The van der Waals surface area contributed by atoms with Crippen molar-refractivity contribution in [3.63, 3.8) is 0 Å². The summed E-state index contributed by atoms with van der Waals surface area (Å²) < 4.78 is 2.71. The molecule has 1 aliphatic rings. The molecule has 1 amide bonds. The number of aromatic nitrogens is 5. The Balaban J connectivity index is 1.25. The largest absolute Gasteiger partial charge is 0.352 e. The summed E-state index contributed by atoms with van der Waals surface area (Å²) in [5, 5.41) is 13.3. The molecule has 1 fully saturated rings. The van der Waals surface area contributed by atoms with Crippen LogP contribution in [0.1, 0.15) is 9.80 Å². The van der Waals surface area contributed by atoms with E-state index in [1.54, 1.807) is 10.9 Å². The van der Waals surface area contributed by atoms with Crippen molar-refractivity contribution < 1.29 is 4.79 Å². The van der Waals surface area contributed by atoms with Gasteiger partial charge in [0.05, 0.1) is 10.2 Å². The number of para-hydroxylation sites is 1. The summed E-state index contributed by atoms with van der Waals surface area (Å²) in [7, 11) is 0. The molecule has 9 heteroatoms. The van der Waals surface area contributed by atoms with Crippen molar-refractivity contribution in [2.75, 3.05) is 31.1 Å². The molecule has 0 radical (unpaired) electrons. The average Bonchev–Trinajstić information content (AvgIpc) is 3.43. The van der Waals surface area contributed by atoms with Crippen LogP contribution in [0, 0.1) is 0 Å². The van der Waals surface area contributed by atoms with E-state index in [1.165, 1.54) is 11.3 Å². The highest BCUT2D eigenvalue weighted by molar-refractivity contribution is 7.20. The number of fused-ring (bicyclic) bond motifs is 1. The molecule has 0 spiro atoms. The number of rotatable bonds is 3. The molecule has 140 valence electrons. The van der Waals surface area contributed by atoms with Crippen LogP contribution in [0.2, 0.25) is 0 Å². The predicted octanol–water partition coefficient (Wildman–Crippen LogP) is 2.23. The predicted molar refractivity (Wildman–Crippen MR) is 107 cm³/mol. The van der Waals surface area contributed by atoms with Gasteiger partial charge in [-0.1, -0.05) is 12.1 Å². The van der Waals surface area contributed by atoms with E-state index in [1.807, 2.05) is 53.6 Å². The Morgan fingerprint density at radius 1 is 0.929 bits per heavy atom. The molecule has 8 nitrogen and oxygen atoms in total. The number of carbonyl (C=O) groups is 1. The van der Waals surface area contributed by atoms with Crippen LogP contribution in [0.5, 0.6) is 0 Å². The number of nitrogens with zero attached hydrogens (tertiary/aromatic N) is 7. The van der Waals surface area contributed by atoms with E-state index < -0.39 is 0 Å². The van der Waals surface area contributed by atoms with Crippen LogP contribution in [0.15, 0.2) is 54.9 Å². The first-order valence-corrected chi connectivity index (χ1v) is 9.83. The second kappa shape index (κ2) is 7.01. The minimum absolute atomic E-state index is 0.000893. The van der Waals surface area contributed by atoms with Crippen molar-refractivity contribution in [1.82, 2.24) is 29.9 Å². The van der Waals surface area contributed by atoms with E-state index in [-0.39, 0.29) is 5.91 Å². The quantitative estimate of drug-likeness (QED) is 0.533. The van der Waals surface area contributed by atoms with Gasteiger partial charge in [-0.25, -0.2) is 9.67 Å². The fraction of sp³-hybridized carbons (Fsp3) is 0.211. The number of benzene rings is 1. The first kappa shape index (κ1) is 16.8. The molecule has 0 unspecified atom stereocenters. The van der Waals surface area contributed by atoms with Crippen molar-refractivity contribution in [2.45, 2.75) is 0 Å². The second-order valence-electron chi connectivity index (χ2n) is 6.47. The van der Waals surface area contributed by atoms with Crippen LogP contribution in [0.3, 0.4) is 0 Å². The molecule has 3 aromatic heterocycles. The molecular weight excluding hydrogens is 374 g/mol. The molecule has 0 N–H and O–H groups in total. The fourth-order valence-electron chi connectivity index (χ4n) is 3.25. The molecule has 1 saturated heterocycles. The van der Waals surface area contributed by atoms with Crippen molar-refractivity contribution in [3.8, 4) is 5.82 Å². The number of hydrogen-bond donors (Lipinski definition) is 0. The van der Waals surface area contributed by atoms with Crippen molar-refractivity contribution in [2.24, 2.45) is 0 Å². The highest BCUT2D eigenvalue weighted by atomic mass is 32.1. The van der Waals surface area contributed by atoms with E-state index in [0.29, 0.717) is 37.0 Å². The summed E-state index contributed by atoms with van der Waals surface area (Å²) in [4.78, 5) is 21.3. The lowest BCUT2D eigenvalue weighted by molar-refractivity contribution is 0.0746. The lowest BCUT2D eigenvalue weighted by atomic mass is 10.3. The van der Waals surface area contributed by atoms with Gasteiger partial charge < -0.3 is 9.80 Å². The summed E-state index contributed by atoms with van der Waals surface area (Å²) in [6, 6.07) is 13.5. The van der Waals surface area contributed by atoms with Gasteiger partial charge in [0.1, 0.15) is 0 Å². The molecule has 0 bridgehead atoms. The van der Waals surface area contributed by atoms with Crippen LogP contribution < -0.4 is 4.90 Å². The summed E-state index contributed by atoms with van der Waals surface area (Å²) >= 11 is 1.45. The van der Waals surface area contributed by atoms with E-state index in [9.17, 15) is 4.79 Å². The lowest BCUT2D eigenvalue weighted by Gasteiger charge is -2.34. The number of anilines is 1. The first-order chi connectivity index (χ1) is 13.8. The maximum atomic E-state index is 12.8. The number of piperazine rings is 1. The van der Waals surface area contributed by atoms with Gasteiger partial charge in [0.2, 0.25) is 0 Å². The third-order valence-corrected chi connectivity index (χ3v) is 5.77. The molecule has 1 aromatic carbocycles. The maximum absolute atomic E-state index is 12.8. The van der Waals surface area contributed by atoms with Crippen molar-refractivity contribution in [3.05, 3.63) is 59.9 Å². The van der Waals surface area contributed by atoms with Crippen molar-refractivity contribution >= 4 is 33.3 Å². The molecule has 5 rings (SSSR count). The smallest absolute Gasteiger partial charge is 0.282 e. The van der Waals surface area contributed by atoms with Gasteiger partial charge in [-0.15, -0.1) is 21.5 Å². The van der Waals surface area contributed by atoms with E-state index in [4.69, 9.17) is 0 Å².